The second-order valence-corrected chi connectivity index (χ2v) is 6.24. The summed E-state index contributed by atoms with van der Waals surface area (Å²) in [5.41, 5.74) is 1.39. The molecule has 0 bridgehead atoms. The lowest BCUT2D eigenvalue weighted by molar-refractivity contribution is 0.437. The van der Waals surface area contributed by atoms with Crippen LogP contribution in [0.2, 0.25) is 0 Å². The summed E-state index contributed by atoms with van der Waals surface area (Å²) in [6, 6.07) is 6.53. The molecule has 0 fully saturated rings. The van der Waals surface area contributed by atoms with E-state index in [1.165, 1.54) is 10.5 Å². The first kappa shape index (κ1) is 15.0. The van der Waals surface area contributed by atoms with Crippen molar-refractivity contribution in [1.82, 2.24) is 10.2 Å². The third-order valence-electron chi connectivity index (χ3n) is 2.39. The average Bonchev–Trinajstić information content (AvgIpc) is 2.27. The topological polar surface area (TPSA) is 15.3 Å². The van der Waals surface area contributed by atoms with Crippen LogP contribution in [0.1, 0.15) is 12.5 Å². The Morgan fingerprint density at radius 2 is 2.12 bits per heavy atom. The molecule has 0 aliphatic heterocycles. The fourth-order valence-electron chi connectivity index (χ4n) is 1.41. The van der Waals surface area contributed by atoms with Gasteiger partial charge in [-0.3, -0.25) is 0 Å². The molecule has 0 aliphatic carbocycles. The number of hydrogen-bond donors (Lipinski definition) is 1. The molecule has 0 saturated carbocycles. The van der Waals surface area contributed by atoms with Gasteiger partial charge in [0.1, 0.15) is 0 Å². The molecule has 0 aliphatic rings. The third-order valence-corrected chi connectivity index (χ3v) is 3.96. The molecule has 1 aromatic carbocycles. The fourth-order valence-corrected chi connectivity index (χ4v) is 3.13. The highest BCUT2D eigenvalue weighted by Gasteiger charge is 2.04. The van der Waals surface area contributed by atoms with Crippen molar-refractivity contribution in [3.63, 3.8) is 0 Å². The first-order valence-electron chi connectivity index (χ1n) is 5.90. The monoisotopic (exact) mass is 316 g/mol. The van der Waals surface area contributed by atoms with Crippen molar-refractivity contribution >= 4 is 27.7 Å². The number of halogens is 1. The highest BCUT2D eigenvalue weighted by atomic mass is 79.9. The van der Waals surface area contributed by atoms with Crippen LogP contribution in [0.25, 0.3) is 0 Å². The van der Waals surface area contributed by atoms with Crippen LogP contribution in [-0.2, 0) is 6.54 Å². The van der Waals surface area contributed by atoms with Gasteiger partial charge in [0.25, 0.3) is 0 Å². The maximum Gasteiger partial charge on any atom is 0.0216 e. The van der Waals surface area contributed by atoms with Crippen LogP contribution in [0.3, 0.4) is 0 Å². The molecule has 0 aromatic heterocycles. The van der Waals surface area contributed by atoms with E-state index in [0.29, 0.717) is 0 Å². The summed E-state index contributed by atoms with van der Waals surface area (Å²) in [5, 5.41) is 3.38. The molecule has 0 heterocycles. The van der Waals surface area contributed by atoms with Crippen LogP contribution in [-0.4, -0.2) is 37.8 Å². The molecule has 0 unspecified atom stereocenters. The SMILES string of the molecule is CCNCc1ccc(Br)cc1SCCN(C)C. The molecule has 1 N–H and O–H groups in total. The molecule has 96 valence electrons. The van der Waals surface area contributed by atoms with Gasteiger partial charge in [0.05, 0.1) is 0 Å². The lowest BCUT2D eigenvalue weighted by atomic mass is 10.2. The quantitative estimate of drug-likeness (QED) is 0.778. The number of thioether (sulfide) groups is 1. The van der Waals surface area contributed by atoms with Crippen molar-refractivity contribution < 1.29 is 0 Å². The highest BCUT2D eigenvalue weighted by Crippen LogP contribution is 2.26. The number of benzene rings is 1. The minimum Gasteiger partial charge on any atom is -0.313 e. The first-order valence-corrected chi connectivity index (χ1v) is 7.68. The molecule has 2 nitrogen and oxygen atoms in total. The van der Waals surface area contributed by atoms with Crippen LogP contribution < -0.4 is 5.32 Å². The van der Waals surface area contributed by atoms with Gasteiger partial charge in [0.2, 0.25) is 0 Å². The smallest absolute Gasteiger partial charge is 0.0216 e. The maximum atomic E-state index is 3.54. The summed E-state index contributed by atoms with van der Waals surface area (Å²) in [6.07, 6.45) is 0. The van der Waals surface area contributed by atoms with Gasteiger partial charge >= 0.3 is 0 Å². The molecule has 0 spiro atoms. The second-order valence-electron chi connectivity index (χ2n) is 4.18. The van der Waals surface area contributed by atoms with Crippen molar-refractivity contribution in [2.75, 3.05) is 32.9 Å². The molecule has 4 heteroatoms. The van der Waals surface area contributed by atoms with Crippen LogP contribution >= 0.6 is 27.7 Å². The molecule has 0 amide bonds. The first-order chi connectivity index (χ1) is 8.13. The number of hydrogen-bond acceptors (Lipinski definition) is 3. The molecular weight excluding hydrogens is 296 g/mol. The molecule has 1 aromatic rings. The van der Waals surface area contributed by atoms with Gasteiger partial charge < -0.3 is 10.2 Å². The van der Waals surface area contributed by atoms with Crippen LogP contribution in [0.15, 0.2) is 27.6 Å². The van der Waals surface area contributed by atoms with E-state index in [4.69, 9.17) is 0 Å². The van der Waals surface area contributed by atoms with Gasteiger partial charge in [0, 0.05) is 28.2 Å². The third kappa shape index (κ3) is 5.91. The summed E-state index contributed by atoms with van der Waals surface area (Å²) < 4.78 is 1.16. The molecule has 0 saturated heterocycles. The van der Waals surface area contributed by atoms with Crippen molar-refractivity contribution in [3.8, 4) is 0 Å². The number of nitrogens with one attached hydrogen (secondary N) is 1. The van der Waals surface area contributed by atoms with E-state index < -0.39 is 0 Å². The van der Waals surface area contributed by atoms with Gasteiger partial charge in [-0.25, -0.2) is 0 Å². The van der Waals surface area contributed by atoms with Crippen molar-refractivity contribution in [1.29, 1.82) is 0 Å². The van der Waals surface area contributed by atoms with Crippen LogP contribution in [0, 0.1) is 0 Å². The molecular formula is C13H21BrN2S. The largest absolute Gasteiger partial charge is 0.313 e. The normalized spacial score (nSPS) is 11.1. The zero-order chi connectivity index (χ0) is 12.7. The van der Waals surface area contributed by atoms with E-state index in [0.717, 1.165) is 29.9 Å². The maximum absolute atomic E-state index is 3.54. The van der Waals surface area contributed by atoms with Crippen molar-refractivity contribution in [3.05, 3.63) is 28.2 Å². The van der Waals surface area contributed by atoms with Gasteiger partial charge in [0.15, 0.2) is 0 Å². The number of rotatable bonds is 7. The summed E-state index contributed by atoms with van der Waals surface area (Å²) in [7, 11) is 4.22. The van der Waals surface area contributed by atoms with Gasteiger partial charge in [-0.15, -0.1) is 11.8 Å². The van der Waals surface area contributed by atoms with Crippen LogP contribution in [0.5, 0.6) is 0 Å². The Morgan fingerprint density at radius 3 is 2.76 bits per heavy atom. The predicted molar refractivity (Wildman–Crippen MR) is 80.8 cm³/mol. The predicted octanol–water partition coefficient (Wildman–Crippen LogP) is 3.21. The van der Waals surface area contributed by atoms with E-state index in [1.807, 2.05) is 11.8 Å². The minimum atomic E-state index is 0.952. The zero-order valence-electron chi connectivity index (χ0n) is 10.8. The summed E-state index contributed by atoms with van der Waals surface area (Å²) in [4.78, 5) is 3.59. The van der Waals surface area contributed by atoms with Crippen LogP contribution in [0.4, 0.5) is 0 Å². The van der Waals surface area contributed by atoms with E-state index in [1.54, 1.807) is 0 Å². The fraction of sp³-hybridized carbons (Fsp3) is 0.538. The number of nitrogens with zero attached hydrogens (tertiary/aromatic N) is 1. The lowest BCUT2D eigenvalue weighted by Crippen LogP contribution is -2.15. The zero-order valence-corrected chi connectivity index (χ0v) is 13.2. The molecule has 1 rings (SSSR count). The lowest BCUT2D eigenvalue weighted by Gasteiger charge is -2.12. The Bertz CT molecular complexity index is 342. The van der Waals surface area contributed by atoms with E-state index in [9.17, 15) is 0 Å². The Kier molecular flexibility index (Phi) is 7.19. The molecule has 0 radical (unpaired) electrons. The minimum absolute atomic E-state index is 0.952. The van der Waals surface area contributed by atoms with E-state index in [2.05, 4.69) is 65.4 Å². The molecule has 17 heavy (non-hydrogen) atoms. The summed E-state index contributed by atoms with van der Waals surface area (Å²) in [5.74, 6) is 1.13. The van der Waals surface area contributed by atoms with Gasteiger partial charge in [-0.05, 0) is 38.3 Å². The Labute approximate surface area is 117 Å². The van der Waals surface area contributed by atoms with Crippen molar-refractivity contribution in [2.24, 2.45) is 0 Å². The Morgan fingerprint density at radius 1 is 1.35 bits per heavy atom. The van der Waals surface area contributed by atoms with E-state index >= 15 is 0 Å². The van der Waals surface area contributed by atoms with E-state index in [-0.39, 0.29) is 0 Å². The second kappa shape index (κ2) is 8.14. The summed E-state index contributed by atoms with van der Waals surface area (Å²) in [6.45, 7) is 5.21. The van der Waals surface area contributed by atoms with Gasteiger partial charge in [-0.1, -0.05) is 28.9 Å². The van der Waals surface area contributed by atoms with Crippen molar-refractivity contribution in [2.45, 2.75) is 18.4 Å². The summed E-state index contributed by atoms with van der Waals surface area (Å²) >= 11 is 5.47. The van der Waals surface area contributed by atoms with Gasteiger partial charge in [-0.2, -0.15) is 0 Å². The highest BCUT2D eigenvalue weighted by molar-refractivity contribution is 9.10. The molecule has 0 atom stereocenters. The Balaban J connectivity index is 2.62. The standard InChI is InChI=1S/C13H21BrN2S/c1-4-15-10-11-5-6-12(14)9-13(11)17-8-7-16(2)3/h5-6,9,15H,4,7-8,10H2,1-3H3. The Hall–Kier alpha value is -0.0300. The average molecular weight is 317 g/mol.